The monoisotopic (exact) mass is 210 g/mol. The Kier molecular flexibility index (Phi) is 2.11. The fraction of sp³-hybridized carbons (Fsp3) is 0. The largest absolute Gasteiger partial charge is 0.347 e. The number of nitrogens with one attached hydrogen (secondary N) is 2. The van der Waals surface area contributed by atoms with E-state index < -0.39 is 5.69 Å². The van der Waals surface area contributed by atoms with Gasteiger partial charge in [-0.1, -0.05) is 17.7 Å². The number of fused-ring (bicyclic) bond motifs is 1. The Labute approximate surface area is 83.9 Å². The lowest BCUT2D eigenvalue weighted by molar-refractivity contribution is 1.10. The van der Waals surface area contributed by atoms with E-state index in [4.69, 9.17) is 17.4 Å². The van der Waals surface area contributed by atoms with E-state index in [1.54, 1.807) is 18.2 Å². The highest BCUT2D eigenvalue weighted by Crippen LogP contribution is 2.23. The summed E-state index contributed by atoms with van der Waals surface area (Å²) >= 11 is 5.89. The number of aromatic amines is 1. The Hall–Kier alpha value is -1.59. The molecule has 2 aromatic rings. The first-order valence-electron chi connectivity index (χ1n) is 3.87. The van der Waals surface area contributed by atoms with Gasteiger partial charge in [-0.25, -0.2) is 10.6 Å². The summed E-state index contributed by atoms with van der Waals surface area (Å²) in [5, 5.41) is 1.14. The van der Waals surface area contributed by atoms with E-state index in [0.717, 1.165) is 0 Å². The van der Waals surface area contributed by atoms with Crippen molar-refractivity contribution in [1.82, 2.24) is 9.97 Å². The molecule has 1 heterocycles. The molecular weight excluding hydrogens is 204 g/mol. The fourth-order valence-corrected chi connectivity index (χ4v) is 1.48. The van der Waals surface area contributed by atoms with E-state index in [-0.39, 0.29) is 0 Å². The number of nitrogens with two attached hydrogens (primary N) is 1. The zero-order chi connectivity index (χ0) is 10.1. The lowest BCUT2D eigenvalue weighted by atomic mass is 10.2. The predicted molar refractivity (Wildman–Crippen MR) is 55.2 cm³/mol. The van der Waals surface area contributed by atoms with Gasteiger partial charge in [-0.05, 0) is 12.1 Å². The van der Waals surface area contributed by atoms with E-state index in [9.17, 15) is 4.79 Å². The number of H-pyrrole nitrogens is 1. The summed E-state index contributed by atoms with van der Waals surface area (Å²) in [6.07, 6.45) is 0. The molecule has 1 aromatic heterocycles. The number of para-hydroxylation sites is 1. The van der Waals surface area contributed by atoms with Gasteiger partial charge < -0.3 is 10.4 Å². The third-order valence-electron chi connectivity index (χ3n) is 1.85. The number of nitrogen functional groups attached to an aromatic ring is 1. The molecule has 0 aliphatic heterocycles. The van der Waals surface area contributed by atoms with Crippen LogP contribution in [0.5, 0.6) is 0 Å². The maximum atomic E-state index is 11.1. The zero-order valence-corrected chi connectivity index (χ0v) is 7.80. The summed E-state index contributed by atoms with van der Waals surface area (Å²) in [7, 11) is 0. The number of hydrazine groups is 1. The van der Waals surface area contributed by atoms with Crippen LogP contribution in [0.15, 0.2) is 23.0 Å². The SMILES string of the molecule is NNc1nc(=O)[nH]c2c(Cl)cccc12. The lowest BCUT2D eigenvalue weighted by Gasteiger charge is -2.04. The first-order chi connectivity index (χ1) is 6.72. The van der Waals surface area contributed by atoms with Gasteiger partial charge in [-0.15, -0.1) is 0 Å². The summed E-state index contributed by atoms with van der Waals surface area (Å²) in [5.41, 5.74) is 2.39. The topological polar surface area (TPSA) is 83.8 Å². The van der Waals surface area contributed by atoms with Crippen LogP contribution in [-0.2, 0) is 0 Å². The van der Waals surface area contributed by atoms with Gasteiger partial charge in [-0.3, -0.25) is 0 Å². The van der Waals surface area contributed by atoms with Crippen molar-refractivity contribution in [2.75, 3.05) is 5.43 Å². The number of aromatic nitrogens is 2. The van der Waals surface area contributed by atoms with E-state index in [1.165, 1.54) is 0 Å². The van der Waals surface area contributed by atoms with Crippen molar-refractivity contribution in [3.63, 3.8) is 0 Å². The lowest BCUT2D eigenvalue weighted by Crippen LogP contribution is -2.17. The van der Waals surface area contributed by atoms with Crippen LogP contribution in [-0.4, -0.2) is 9.97 Å². The minimum atomic E-state index is -0.487. The second-order valence-corrected chi connectivity index (χ2v) is 3.10. The van der Waals surface area contributed by atoms with Crippen LogP contribution in [0.2, 0.25) is 5.02 Å². The molecule has 14 heavy (non-hydrogen) atoms. The molecule has 0 unspecified atom stereocenters. The van der Waals surface area contributed by atoms with Gasteiger partial charge in [0.25, 0.3) is 0 Å². The smallest absolute Gasteiger partial charge is 0.308 e. The molecule has 6 heteroatoms. The number of rotatable bonds is 1. The standard InChI is InChI=1S/C8H7ClN4O/c9-5-3-1-2-4-6(5)11-8(14)12-7(4)13-10/h1-3H,10H2,(H2,11,12,13,14). The van der Waals surface area contributed by atoms with Crippen LogP contribution >= 0.6 is 11.6 Å². The van der Waals surface area contributed by atoms with Crippen LogP contribution in [0.4, 0.5) is 5.82 Å². The average molecular weight is 211 g/mol. The van der Waals surface area contributed by atoms with Crippen molar-refractivity contribution in [3.8, 4) is 0 Å². The number of halogens is 1. The molecule has 4 N–H and O–H groups in total. The molecule has 0 radical (unpaired) electrons. The van der Waals surface area contributed by atoms with Crippen LogP contribution < -0.4 is 17.0 Å². The zero-order valence-electron chi connectivity index (χ0n) is 7.04. The summed E-state index contributed by atoms with van der Waals surface area (Å²) in [5.74, 6) is 5.54. The number of anilines is 1. The molecule has 0 bridgehead atoms. The predicted octanol–water partition coefficient (Wildman–Crippen LogP) is 0.862. The Morgan fingerprint density at radius 2 is 2.29 bits per heavy atom. The number of hydrogen-bond donors (Lipinski definition) is 3. The van der Waals surface area contributed by atoms with Crippen LogP contribution in [0, 0.1) is 0 Å². The molecule has 0 aliphatic rings. The highest BCUT2D eigenvalue weighted by Gasteiger charge is 2.05. The first-order valence-corrected chi connectivity index (χ1v) is 4.25. The highest BCUT2D eigenvalue weighted by atomic mass is 35.5. The first kappa shape index (κ1) is 8.98. The normalized spacial score (nSPS) is 10.4. The van der Waals surface area contributed by atoms with Crippen LogP contribution in [0.25, 0.3) is 10.9 Å². The molecule has 5 nitrogen and oxygen atoms in total. The Morgan fingerprint density at radius 1 is 1.50 bits per heavy atom. The minimum absolute atomic E-state index is 0.311. The third-order valence-corrected chi connectivity index (χ3v) is 2.17. The number of benzene rings is 1. The summed E-state index contributed by atoms with van der Waals surface area (Å²) in [4.78, 5) is 17.3. The van der Waals surface area contributed by atoms with Crippen molar-refractivity contribution in [2.45, 2.75) is 0 Å². The van der Waals surface area contributed by atoms with Gasteiger partial charge in [0.2, 0.25) is 0 Å². The Morgan fingerprint density at radius 3 is 3.00 bits per heavy atom. The van der Waals surface area contributed by atoms with Gasteiger partial charge >= 0.3 is 5.69 Å². The summed E-state index contributed by atoms with van der Waals surface area (Å²) in [6, 6.07) is 5.20. The second kappa shape index (κ2) is 3.28. The summed E-state index contributed by atoms with van der Waals surface area (Å²) < 4.78 is 0. The number of nitrogens with zero attached hydrogens (tertiary/aromatic N) is 1. The molecule has 2 rings (SSSR count). The molecule has 1 aromatic carbocycles. The number of hydrogen-bond acceptors (Lipinski definition) is 4. The minimum Gasteiger partial charge on any atom is -0.308 e. The van der Waals surface area contributed by atoms with Crippen LogP contribution in [0.3, 0.4) is 0 Å². The quantitative estimate of drug-likeness (QED) is 0.482. The maximum Gasteiger partial charge on any atom is 0.347 e. The Bertz CT molecular complexity index is 536. The van der Waals surface area contributed by atoms with Crippen molar-refractivity contribution < 1.29 is 0 Å². The average Bonchev–Trinajstić information content (AvgIpc) is 2.18. The van der Waals surface area contributed by atoms with Gasteiger partial charge in [0.1, 0.15) is 0 Å². The highest BCUT2D eigenvalue weighted by molar-refractivity contribution is 6.35. The molecule has 72 valence electrons. The molecule has 0 amide bonds. The van der Waals surface area contributed by atoms with E-state index in [1.807, 2.05) is 0 Å². The molecule has 0 aliphatic carbocycles. The van der Waals surface area contributed by atoms with E-state index >= 15 is 0 Å². The van der Waals surface area contributed by atoms with Gasteiger partial charge in [0.15, 0.2) is 5.82 Å². The van der Waals surface area contributed by atoms with Gasteiger partial charge in [-0.2, -0.15) is 4.98 Å². The molecule has 0 atom stereocenters. The maximum absolute atomic E-state index is 11.1. The molecule has 0 saturated heterocycles. The fourth-order valence-electron chi connectivity index (χ4n) is 1.26. The van der Waals surface area contributed by atoms with Crippen molar-refractivity contribution in [2.24, 2.45) is 5.84 Å². The Balaban J connectivity index is 2.94. The second-order valence-electron chi connectivity index (χ2n) is 2.70. The van der Waals surface area contributed by atoms with Gasteiger partial charge in [0, 0.05) is 5.39 Å². The molecular formula is C8H7ClN4O. The molecule has 0 saturated carbocycles. The van der Waals surface area contributed by atoms with Crippen LogP contribution in [0.1, 0.15) is 0 Å². The van der Waals surface area contributed by atoms with Crippen molar-refractivity contribution in [1.29, 1.82) is 0 Å². The van der Waals surface area contributed by atoms with E-state index in [2.05, 4.69) is 15.4 Å². The van der Waals surface area contributed by atoms with Gasteiger partial charge in [0.05, 0.1) is 10.5 Å². The summed E-state index contributed by atoms with van der Waals surface area (Å²) in [6.45, 7) is 0. The molecule has 0 spiro atoms. The van der Waals surface area contributed by atoms with Crippen molar-refractivity contribution in [3.05, 3.63) is 33.7 Å². The van der Waals surface area contributed by atoms with Crippen molar-refractivity contribution >= 4 is 28.3 Å². The third kappa shape index (κ3) is 1.32. The van der Waals surface area contributed by atoms with E-state index in [0.29, 0.717) is 21.7 Å². The molecule has 0 fully saturated rings.